The number of hydrogen-bond donors (Lipinski definition) is 1. The number of fused-ring (bicyclic) bond motifs is 1. The number of rotatable bonds is 1. The molecule has 0 fully saturated rings. The van der Waals surface area contributed by atoms with Gasteiger partial charge in [0.15, 0.2) is 0 Å². The van der Waals surface area contributed by atoms with Gasteiger partial charge >= 0.3 is 0 Å². The van der Waals surface area contributed by atoms with Crippen LogP contribution in [0, 0.1) is 6.92 Å². The van der Waals surface area contributed by atoms with Gasteiger partial charge in [-0.25, -0.2) is 4.98 Å². The highest BCUT2D eigenvalue weighted by molar-refractivity contribution is 7.15. The molecule has 0 radical (unpaired) electrons. The Hall–Kier alpha value is -1.26. The summed E-state index contributed by atoms with van der Waals surface area (Å²) in [4.78, 5) is 10.2. The lowest BCUT2D eigenvalue weighted by atomic mass is 10.0. The van der Waals surface area contributed by atoms with E-state index in [1.165, 1.54) is 4.88 Å². The molecule has 1 N–H and O–H groups in total. The molecule has 0 aromatic carbocycles. The molecule has 0 saturated heterocycles. The molecule has 3 nitrogen and oxygen atoms in total. The second-order valence-corrected chi connectivity index (χ2v) is 5.49. The summed E-state index contributed by atoms with van der Waals surface area (Å²) in [6.07, 6.45) is 4.33. The number of nitrogens with zero attached hydrogens (tertiary/aromatic N) is 2. The van der Waals surface area contributed by atoms with Crippen molar-refractivity contribution < 1.29 is 5.11 Å². The van der Waals surface area contributed by atoms with E-state index in [1.54, 1.807) is 17.5 Å². The number of aliphatic hydroxyl groups excluding tert-OH is 1. The molecule has 1 atom stereocenters. The Morgan fingerprint density at radius 3 is 3.12 bits per heavy atom. The van der Waals surface area contributed by atoms with Gasteiger partial charge in [0.2, 0.25) is 0 Å². The zero-order valence-corrected chi connectivity index (χ0v) is 10.5. The predicted octanol–water partition coefficient (Wildman–Crippen LogP) is 2.88. The molecule has 1 aliphatic carbocycles. The van der Waals surface area contributed by atoms with Gasteiger partial charge in [-0.1, -0.05) is 6.07 Å². The first-order valence-corrected chi connectivity index (χ1v) is 6.67. The zero-order chi connectivity index (χ0) is 11.8. The van der Waals surface area contributed by atoms with Crippen LogP contribution in [0.5, 0.6) is 0 Å². The standard InChI is InChI=1S/C13H14N2OS/c1-8-4-3-7-14-11(8)13-15-12-9(16)5-2-6-10(12)17-13/h3-4,7,9,16H,2,5-6H2,1H3. The third-order valence-electron chi connectivity index (χ3n) is 3.14. The Labute approximate surface area is 104 Å². The third kappa shape index (κ3) is 1.87. The number of aliphatic hydroxyl groups is 1. The summed E-state index contributed by atoms with van der Waals surface area (Å²) in [5.74, 6) is 0. The van der Waals surface area contributed by atoms with Crippen LogP contribution in [0.25, 0.3) is 10.7 Å². The fraction of sp³-hybridized carbons (Fsp3) is 0.385. The Morgan fingerprint density at radius 1 is 1.47 bits per heavy atom. The van der Waals surface area contributed by atoms with Crippen molar-refractivity contribution in [2.24, 2.45) is 0 Å². The summed E-state index contributed by atoms with van der Waals surface area (Å²) >= 11 is 1.67. The highest BCUT2D eigenvalue weighted by atomic mass is 32.1. The number of aryl methyl sites for hydroxylation is 2. The molecule has 17 heavy (non-hydrogen) atoms. The number of pyridine rings is 1. The molecule has 2 aromatic heterocycles. The van der Waals surface area contributed by atoms with E-state index in [4.69, 9.17) is 0 Å². The normalized spacial score (nSPS) is 19.1. The first-order valence-electron chi connectivity index (χ1n) is 5.85. The molecule has 0 saturated carbocycles. The van der Waals surface area contributed by atoms with Gasteiger partial charge in [0.25, 0.3) is 0 Å². The lowest BCUT2D eigenvalue weighted by Crippen LogP contribution is -2.07. The van der Waals surface area contributed by atoms with E-state index in [1.807, 2.05) is 19.1 Å². The third-order valence-corrected chi connectivity index (χ3v) is 4.27. The van der Waals surface area contributed by atoms with Crippen LogP contribution >= 0.6 is 11.3 Å². The van der Waals surface area contributed by atoms with Gasteiger partial charge in [0.1, 0.15) is 10.7 Å². The van der Waals surface area contributed by atoms with E-state index in [-0.39, 0.29) is 6.10 Å². The van der Waals surface area contributed by atoms with Crippen LogP contribution in [-0.4, -0.2) is 15.1 Å². The molecule has 1 aliphatic rings. The van der Waals surface area contributed by atoms with Gasteiger partial charge in [-0.3, -0.25) is 4.98 Å². The maximum atomic E-state index is 9.91. The van der Waals surface area contributed by atoms with Crippen LogP contribution < -0.4 is 0 Å². The molecule has 0 bridgehead atoms. The van der Waals surface area contributed by atoms with Crippen molar-refractivity contribution in [3.8, 4) is 10.7 Å². The Kier molecular flexibility index (Phi) is 2.68. The summed E-state index contributed by atoms with van der Waals surface area (Å²) in [6.45, 7) is 2.04. The molecule has 2 aromatic rings. The lowest BCUT2D eigenvalue weighted by molar-refractivity contribution is 0.153. The van der Waals surface area contributed by atoms with Crippen molar-refractivity contribution in [3.05, 3.63) is 34.5 Å². The topological polar surface area (TPSA) is 46.0 Å². The maximum Gasteiger partial charge on any atom is 0.142 e. The van der Waals surface area contributed by atoms with E-state index in [0.717, 1.165) is 41.2 Å². The van der Waals surface area contributed by atoms with Gasteiger partial charge in [-0.05, 0) is 37.8 Å². The van der Waals surface area contributed by atoms with Crippen LogP contribution in [0.3, 0.4) is 0 Å². The molecule has 1 unspecified atom stereocenters. The fourth-order valence-corrected chi connectivity index (χ4v) is 3.43. The number of aromatic nitrogens is 2. The first-order chi connectivity index (χ1) is 8.25. The summed E-state index contributed by atoms with van der Waals surface area (Å²) in [6, 6.07) is 3.97. The SMILES string of the molecule is Cc1cccnc1-c1nc2c(s1)CCCC2O. The molecule has 0 spiro atoms. The van der Waals surface area contributed by atoms with E-state index in [2.05, 4.69) is 9.97 Å². The van der Waals surface area contributed by atoms with E-state index in [0.29, 0.717) is 0 Å². The van der Waals surface area contributed by atoms with Gasteiger partial charge in [-0.15, -0.1) is 11.3 Å². The molecular formula is C13H14N2OS. The van der Waals surface area contributed by atoms with Crippen molar-refractivity contribution in [2.75, 3.05) is 0 Å². The first kappa shape index (κ1) is 10.9. The average molecular weight is 246 g/mol. The minimum Gasteiger partial charge on any atom is -0.387 e. The lowest BCUT2D eigenvalue weighted by Gasteiger charge is -2.14. The van der Waals surface area contributed by atoms with E-state index in [9.17, 15) is 5.11 Å². The zero-order valence-electron chi connectivity index (χ0n) is 9.68. The average Bonchev–Trinajstić information content (AvgIpc) is 2.75. The van der Waals surface area contributed by atoms with Gasteiger partial charge < -0.3 is 5.11 Å². The Balaban J connectivity index is 2.08. The van der Waals surface area contributed by atoms with Gasteiger partial charge in [-0.2, -0.15) is 0 Å². The highest BCUT2D eigenvalue weighted by Crippen LogP contribution is 2.36. The smallest absolute Gasteiger partial charge is 0.142 e. The van der Waals surface area contributed by atoms with Crippen molar-refractivity contribution in [1.82, 2.24) is 9.97 Å². The summed E-state index contributed by atoms with van der Waals surface area (Å²) < 4.78 is 0. The van der Waals surface area contributed by atoms with Crippen LogP contribution in [0.4, 0.5) is 0 Å². The van der Waals surface area contributed by atoms with E-state index >= 15 is 0 Å². The van der Waals surface area contributed by atoms with Gasteiger partial charge in [0.05, 0.1) is 11.8 Å². The van der Waals surface area contributed by atoms with Crippen molar-refractivity contribution >= 4 is 11.3 Å². The molecule has 0 aliphatic heterocycles. The predicted molar refractivity (Wildman–Crippen MR) is 68.0 cm³/mol. The molecule has 3 rings (SSSR count). The Bertz CT molecular complexity index is 550. The fourth-order valence-electron chi connectivity index (χ4n) is 2.21. The van der Waals surface area contributed by atoms with Crippen LogP contribution in [0.1, 0.15) is 35.1 Å². The largest absolute Gasteiger partial charge is 0.387 e. The molecule has 4 heteroatoms. The van der Waals surface area contributed by atoms with Crippen LogP contribution in [-0.2, 0) is 6.42 Å². The Morgan fingerprint density at radius 2 is 2.35 bits per heavy atom. The van der Waals surface area contributed by atoms with Crippen LogP contribution in [0.2, 0.25) is 0 Å². The minimum atomic E-state index is -0.382. The maximum absolute atomic E-state index is 9.91. The second kappa shape index (κ2) is 4.20. The van der Waals surface area contributed by atoms with Crippen molar-refractivity contribution in [3.63, 3.8) is 0 Å². The van der Waals surface area contributed by atoms with Gasteiger partial charge in [0, 0.05) is 11.1 Å². The molecule has 2 heterocycles. The molecule has 88 valence electrons. The van der Waals surface area contributed by atoms with Crippen molar-refractivity contribution in [2.45, 2.75) is 32.3 Å². The summed E-state index contributed by atoms with van der Waals surface area (Å²) in [7, 11) is 0. The second-order valence-electron chi connectivity index (χ2n) is 4.40. The minimum absolute atomic E-state index is 0.382. The highest BCUT2D eigenvalue weighted by Gasteiger charge is 2.23. The molecular weight excluding hydrogens is 232 g/mol. The summed E-state index contributed by atoms with van der Waals surface area (Å²) in [5, 5.41) is 10.9. The summed E-state index contributed by atoms with van der Waals surface area (Å²) in [5.41, 5.74) is 2.95. The number of thiazole rings is 1. The van der Waals surface area contributed by atoms with E-state index < -0.39 is 0 Å². The van der Waals surface area contributed by atoms with Crippen molar-refractivity contribution in [1.29, 1.82) is 0 Å². The monoisotopic (exact) mass is 246 g/mol. The quantitative estimate of drug-likeness (QED) is 0.841. The molecule has 0 amide bonds. The van der Waals surface area contributed by atoms with Crippen LogP contribution in [0.15, 0.2) is 18.3 Å². The number of hydrogen-bond acceptors (Lipinski definition) is 4.